The summed E-state index contributed by atoms with van der Waals surface area (Å²) in [5.41, 5.74) is 1.59. The van der Waals surface area contributed by atoms with Crippen LogP contribution >= 0.6 is 46.4 Å². The molecule has 0 aliphatic carbocycles. The molecule has 0 unspecified atom stereocenters. The first-order valence-electron chi connectivity index (χ1n) is 9.67. The smallest absolute Gasteiger partial charge is 0.246 e. The van der Waals surface area contributed by atoms with E-state index in [1.165, 1.54) is 12.2 Å². The first-order chi connectivity index (χ1) is 14.8. The number of hydrogen-bond donors (Lipinski definition) is 0. The molecular weight excluding hydrogens is 478 g/mol. The molecule has 0 bridgehead atoms. The number of benzene rings is 2. The van der Waals surface area contributed by atoms with Gasteiger partial charge in [0.15, 0.2) is 0 Å². The molecule has 0 aromatic heterocycles. The van der Waals surface area contributed by atoms with E-state index in [0.29, 0.717) is 52.7 Å². The van der Waals surface area contributed by atoms with Gasteiger partial charge < -0.3 is 9.80 Å². The minimum atomic E-state index is -0.105. The normalized spacial score (nSPS) is 15.0. The minimum absolute atomic E-state index is 0.105. The van der Waals surface area contributed by atoms with E-state index < -0.39 is 0 Å². The van der Waals surface area contributed by atoms with Crippen molar-refractivity contribution in [3.8, 4) is 0 Å². The van der Waals surface area contributed by atoms with Crippen LogP contribution in [-0.2, 0) is 9.59 Å². The van der Waals surface area contributed by atoms with E-state index in [0.717, 1.165) is 11.1 Å². The van der Waals surface area contributed by atoms with Gasteiger partial charge in [-0.15, -0.1) is 0 Å². The summed E-state index contributed by atoms with van der Waals surface area (Å²) in [6.45, 7) is 2.11. The highest BCUT2D eigenvalue weighted by Gasteiger charge is 2.19. The van der Waals surface area contributed by atoms with E-state index in [-0.39, 0.29) is 11.8 Å². The van der Waals surface area contributed by atoms with Crippen LogP contribution in [0.4, 0.5) is 0 Å². The van der Waals surface area contributed by atoms with Crippen molar-refractivity contribution >= 4 is 70.4 Å². The number of hydrogen-bond acceptors (Lipinski definition) is 2. The second kappa shape index (κ2) is 11.1. The van der Waals surface area contributed by atoms with Crippen LogP contribution in [0.1, 0.15) is 17.5 Å². The molecule has 3 rings (SSSR count). The molecule has 0 spiro atoms. The highest BCUT2D eigenvalue weighted by atomic mass is 35.5. The Morgan fingerprint density at radius 3 is 1.45 bits per heavy atom. The van der Waals surface area contributed by atoms with Crippen molar-refractivity contribution in [2.75, 3.05) is 26.2 Å². The zero-order valence-electron chi connectivity index (χ0n) is 16.5. The molecule has 1 heterocycles. The molecule has 31 heavy (non-hydrogen) atoms. The maximum Gasteiger partial charge on any atom is 0.246 e. The summed E-state index contributed by atoms with van der Waals surface area (Å²) in [4.78, 5) is 28.6. The summed E-state index contributed by atoms with van der Waals surface area (Å²) in [5.74, 6) is -0.210. The molecule has 0 atom stereocenters. The Kier molecular flexibility index (Phi) is 8.44. The molecule has 1 aliphatic heterocycles. The van der Waals surface area contributed by atoms with Crippen molar-refractivity contribution in [2.45, 2.75) is 6.42 Å². The maximum atomic E-state index is 12.6. The lowest BCUT2D eigenvalue weighted by atomic mass is 10.2. The third kappa shape index (κ3) is 6.75. The van der Waals surface area contributed by atoms with Gasteiger partial charge in [-0.3, -0.25) is 9.59 Å². The van der Waals surface area contributed by atoms with Crippen molar-refractivity contribution in [1.82, 2.24) is 9.80 Å². The quantitative estimate of drug-likeness (QED) is 0.479. The van der Waals surface area contributed by atoms with Crippen molar-refractivity contribution in [3.05, 3.63) is 79.8 Å². The number of nitrogens with zero attached hydrogens (tertiary/aromatic N) is 2. The Balaban J connectivity index is 1.56. The van der Waals surface area contributed by atoms with Crippen LogP contribution in [0.5, 0.6) is 0 Å². The highest BCUT2D eigenvalue weighted by molar-refractivity contribution is 6.42. The van der Waals surface area contributed by atoms with Gasteiger partial charge in [0.25, 0.3) is 0 Å². The highest BCUT2D eigenvalue weighted by Crippen LogP contribution is 2.24. The molecule has 0 N–H and O–H groups in total. The maximum absolute atomic E-state index is 12.6. The van der Waals surface area contributed by atoms with Gasteiger partial charge in [0.2, 0.25) is 11.8 Å². The average molecular weight is 498 g/mol. The van der Waals surface area contributed by atoms with Gasteiger partial charge in [0.05, 0.1) is 20.1 Å². The van der Waals surface area contributed by atoms with Crippen LogP contribution in [0.3, 0.4) is 0 Å². The molecule has 8 heteroatoms. The molecule has 0 radical (unpaired) electrons. The van der Waals surface area contributed by atoms with Crippen LogP contribution in [0.2, 0.25) is 20.1 Å². The molecule has 162 valence electrons. The number of halogens is 4. The molecule has 2 amide bonds. The Bertz CT molecular complexity index is 955. The Labute approximate surface area is 201 Å². The van der Waals surface area contributed by atoms with E-state index in [9.17, 15) is 9.59 Å². The summed E-state index contributed by atoms with van der Waals surface area (Å²) >= 11 is 23.8. The SMILES string of the molecule is O=C(C=Cc1ccc(Cl)c(Cl)c1)N1CCCN(C(=O)C=Cc2ccc(Cl)c(Cl)c2)CC1. The van der Waals surface area contributed by atoms with E-state index in [2.05, 4.69) is 0 Å². The fraction of sp³-hybridized carbons (Fsp3) is 0.217. The summed E-state index contributed by atoms with van der Waals surface area (Å²) < 4.78 is 0. The zero-order chi connectivity index (χ0) is 22.4. The van der Waals surface area contributed by atoms with Crippen LogP contribution < -0.4 is 0 Å². The number of carbonyl (C=O) groups is 2. The second-order valence-corrected chi connectivity index (χ2v) is 8.65. The van der Waals surface area contributed by atoms with Crippen molar-refractivity contribution in [3.63, 3.8) is 0 Å². The van der Waals surface area contributed by atoms with Crippen molar-refractivity contribution in [2.24, 2.45) is 0 Å². The minimum Gasteiger partial charge on any atom is -0.337 e. The van der Waals surface area contributed by atoms with Crippen molar-refractivity contribution < 1.29 is 9.59 Å². The lowest BCUT2D eigenvalue weighted by Crippen LogP contribution is -2.36. The molecule has 1 fully saturated rings. The number of carbonyl (C=O) groups excluding carboxylic acids is 2. The lowest BCUT2D eigenvalue weighted by Gasteiger charge is -2.20. The molecule has 4 nitrogen and oxygen atoms in total. The first-order valence-corrected chi connectivity index (χ1v) is 11.2. The second-order valence-electron chi connectivity index (χ2n) is 7.02. The standard InChI is InChI=1S/C23H20Cl4N2O2/c24-18-6-2-16(14-20(18)26)4-8-22(30)28-10-1-11-29(13-12-28)23(31)9-5-17-3-7-19(25)21(27)15-17/h2-9,14-15H,1,10-13H2. The monoisotopic (exact) mass is 496 g/mol. The third-order valence-corrected chi connectivity index (χ3v) is 6.32. The predicted octanol–water partition coefficient (Wildman–Crippen LogP) is 6.09. The average Bonchev–Trinajstić information content (AvgIpc) is 3.01. The van der Waals surface area contributed by atoms with Crippen LogP contribution in [0.15, 0.2) is 48.6 Å². The third-order valence-electron chi connectivity index (χ3n) is 4.84. The zero-order valence-corrected chi connectivity index (χ0v) is 19.6. The van der Waals surface area contributed by atoms with E-state index >= 15 is 0 Å². The molecule has 0 saturated carbocycles. The molecule has 2 aromatic rings. The van der Waals surface area contributed by atoms with Gasteiger partial charge in [0, 0.05) is 38.3 Å². The van der Waals surface area contributed by atoms with Crippen LogP contribution in [-0.4, -0.2) is 47.8 Å². The van der Waals surface area contributed by atoms with Crippen molar-refractivity contribution in [1.29, 1.82) is 0 Å². The van der Waals surface area contributed by atoms with Crippen LogP contribution in [0.25, 0.3) is 12.2 Å². The Hall–Kier alpha value is -1.98. The fourth-order valence-electron chi connectivity index (χ4n) is 3.14. The summed E-state index contributed by atoms with van der Waals surface area (Å²) in [6.07, 6.45) is 7.15. The Morgan fingerprint density at radius 2 is 1.06 bits per heavy atom. The topological polar surface area (TPSA) is 40.6 Å². The first kappa shape index (κ1) is 23.7. The van der Waals surface area contributed by atoms with Crippen LogP contribution in [0, 0.1) is 0 Å². The van der Waals surface area contributed by atoms with E-state index in [1.807, 2.05) is 0 Å². The van der Waals surface area contributed by atoms with E-state index in [4.69, 9.17) is 46.4 Å². The van der Waals surface area contributed by atoms with Gasteiger partial charge in [0.1, 0.15) is 0 Å². The molecule has 1 saturated heterocycles. The molecular formula is C23H20Cl4N2O2. The molecule has 2 aromatic carbocycles. The largest absolute Gasteiger partial charge is 0.337 e. The van der Waals surface area contributed by atoms with Gasteiger partial charge in [-0.1, -0.05) is 58.5 Å². The van der Waals surface area contributed by atoms with Gasteiger partial charge in [-0.05, 0) is 54.0 Å². The van der Waals surface area contributed by atoms with Gasteiger partial charge in [-0.25, -0.2) is 0 Å². The number of amides is 2. The van der Waals surface area contributed by atoms with Gasteiger partial charge in [-0.2, -0.15) is 0 Å². The molecule has 1 aliphatic rings. The van der Waals surface area contributed by atoms with E-state index in [1.54, 1.807) is 58.4 Å². The summed E-state index contributed by atoms with van der Waals surface area (Å²) in [6, 6.07) is 10.4. The predicted molar refractivity (Wildman–Crippen MR) is 129 cm³/mol. The Morgan fingerprint density at radius 1 is 0.645 bits per heavy atom. The van der Waals surface area contributed by atoms with Gasteiger partial charge >= 0.3 is 0 Å². The number of rotatable bonds is 4. The summed E-state index contributed by atoms with van der Waals surface area (Å²) in [5, 5.41) is 1.81. The summed E-state index contributed by atoms with van der Waals surface area (Å²) in [7, 11) is 0. The fourth-order valence-corrected chi connectivity index (χ4v) is 3.75. The lowest BCUT2D eigenvalue weighted by molar-refractivity contribution is -0.128.